The van der Waals surface area contributed by atoms with Crippen LogP contribution in [0.3, 0.4) is 0 Å². The summed E-state index contributed by atoms with van der Waals surface area (Å²) in [6, 6.07) is 5.49. The van der Waals surface area contributed by atoms with Gasteiger partial charge in [0.1, 0.15) is 6.04 Å². The number of hydrogen-bond acceptors (Lipinski definition) is 6. The van der Waals surface area contributed by atoms with Crippen molar-refractivity contribution in [1.29, 1.82) is 0 Å². The van der Waals surface area contributed by atoms with E-state index in [0.29, 0.717) is 10.8 Å². The van der Waals surface area contributed by atoms with E-state index in [1.54, 1.807) is 5.38 Å². The molecule has 0 bridgehead atoms. The Morgan fingerprint density at radius 3 is 2.55 bits per heavy atom. The van der Waals surface area contributed by atoms with Gasteiger partial charge in [-0.3, -0.25) is 14.4 Å². The average Bonchev–Trinajstić information content (AvgIpc) is 3.40. The minimum absolute atomic E-state index is 0.103. The van der Waals surface area contributed by atoms with Crippen molar-refractivity contribution in [3.63, 3.8) is 0 Å². The van der Waals surface area contributed by atoms with Crippen LogP contribution in [0.1, 0.15) is 22.2 Å². The van der Waals surface area contributed by atoms with E-state index in [1.807, 2.05) is 17.5 Å². The molecule has 0 saturated heterocycles. The normalized spacial score (nSPS) is 11.6. The number of benzene rings is 1. The lowest BCUT2D eigenvalue weighted by Crippen LogP contribution is -2.39. The quantitative estimate of drug-likeness (QED) is 0.477. The van der Waals surface area contributed by atoms with Crippen molar-refractivity contribution in [2.45, 2.75) is 18.9 Å². The summed E-state index contributed by atoms with van der Waals surface area (Å²) in [5.41, 5.74) is 0.501. The van der Waals surface area contributed by atoms with Gasteiger partial charge in [-0.25, -0.2) is 13.8 Å². The summed E-state index contributed by atoms with van der Waals surface area (Å²) < 4.78 is 26.7. The highest BCUT2D eigenvalue weighted by Gasteiger charge is 2.23. The third-order valence-electron chi connectivity index (χ3n) is 4.15. The van der Waals surface area contributed by atoms with Crippen LogP contribution < -0.4 is 16.0 Å². The molecular weight excluding hydrogens is 446 g/mol. The van der Waals surface area contributed by atoms with Crippen LogP contribution in [0.15, 0.2) is 41.1 Å². The average molecular weight is 465 g/mol. The largest absolute Gasteiger partial charge is 0.357 e. The van der Waals surface area contributed by atoms with Crippen molar-refractivity contribution in [3.8, 4) is 0 Å². The number of rotatable bonds is 8. The minimum Gasteiger partial charge on any atom is -0.357 e. The summed E-state index contributed by atoms with van der Waals surface area (Å²) in [4.78, 5) is 41.8. The van der Waals surface area contributed by atoms with E-state index in [-0.39, 0.29) is 24.3 Å². The van der Waals surface area contributed by atoms with Crippen LogP contribution >= 0.6 is 22.7 Å². The molecule has 1 unspecified atom stereocenters. The van der Waals surface area contributed by atoms with Gasteiger partial charge < -0.3 is 16.0 Å². The molecule has 2 aromatic heterocycles. The summed E-state index contributed by atoms with van der Waals surface area (Å²) in [7, 11) is 1.37. The number of hydrogen-bond donors (Lipinski definition) is 3. The number of nitrogens with one attached hydrogen (secondary N) is 3. The molecule has 0 spiro atoms. The Balaban J connectivity index is 1.61. The smallest absolute Gasteiger partial charge is 0.246 e. The second kappa shape index (κ2) is 10.2. The van der Waals surface area contributed by atoms with Gasteiger partial charge in [-0.1, -0.05) is 12.1 Å². The van der Waals surface area contributed by atoms with E-state index in [1.165, 1.54) is 35.8 Å². The molecule has 11 heteroatoms. The fraction of sp³-hybridized carbons (Fsp3) is 0.200. The number of anilines is 1. The van der Waals surface area contributed by atoms with E-state index >= 15 is 0 Å². The van der Waals surface area contributed by atoms with Crippen LogP contribution in [-0.2, 0) is 27.2 Å². The summed E-state index contributed by atoms with van der Waals surface area (Å²) >= 11 is 2.65. The van der Waals surface area contributed by atoms with Crippen LogP contribution in [0.5, 0.6) is 0 Å². The Bertz CT molecular complexity index is 1090. The number of nitrogens with zero attached hydrogens (tertiary/aromatic N) is 1. The van der Waals surface area contributed by atoms with Crippen molar-refractivity contribution in [1.82, 2.24) is 15.6 Å². The van der Waals surface area contributed by atoms with Crippen LogP contribution in [0.4, 0.5) is 13.9 Å². The molecule has 0 aliphatic rings. The first-order chi connectivity index (χ1) is 14.9. The van der Waals surface area contributed by atoms with Gasteiger partial charge >= 0.3 is 0 Å². The van der Waals surface area contributed by atoms with Gasteiger partial charge in [0, 0.05) is 17.3 Å². The highest BCUT2D eigenvalue weighted by atomic mass is 32.1. The fourth-order valence-corrected chi connectivity index (χ4v) is 4.12. The Kier molecular flexibility index (Phi) is 7.42. The second-order valence-electron chi connectivity index (χ2n) is 6.41. The Labute approximate surface area is 184 Å². The Morgan fingerprint density at radius 2 is 1.87 bits per heavy atom. The van der Waals surface area contributed by atoms with Crippen LogP contribution in [0, 0.1) is 11.6 Å². The summed E-state index contributed by atoms with van der Waals surface area (Å²) in [5.74, 6) is -3.52. The first kappa shape index (κ1) is 22.5. The molecule has 0 aliphatic carbocycles. The molecule has 1 aromatic carbocycles. The van der Waals surface area contributed by atoms with Crippen molar-refractivity contribution >= 4 is 45.5 Å². The lowest BCUT2D eigenvalue weighted by atomic mass is 10.1. The SMILES string of the molecule is CNC(=O)C(NC(=O)Cc1csc(NC(=O)Cc2cccs2)n1)c1ccc(F)c(F)c1. The van der Waals surface area contributed by atoms with Crippen molar-refractivity contribution < 1.29 is 23.2 Å². The third kappa shape index (κ3) is 6.15. The summed E-state index contributed by atoms with van der Waals surface area (Å²) in [6.07, 6.45) is 0.0730. The summed E-state index contributed by atoms with van der Waals surface area (Å²) in [6.45, 7) is 0. The van der Waals surface area contributed by atoms with E-state index in [2.05, 4.69) is 20.9 Å². The zero-order valence-corrected chi connectivity index (χ0v) is 17.9. The lowest BCUT2D eigenvalue weighted by molar-refractivity contribution is -0.128. The number of likely N-dealkylation sites (N-methyl/N-ethyl adjacent to an activating group) is 1. The van der Waals surface area contributed by atoms with Gasteiger partial charge in [0.25, 0.3) is 0 Å². The molecule has 0 aliphatic heterocycles. The highest BCUT2D eigenvalue weighted by molar-refractivity contribution is 7.14. The van der Waals surface area contributed by atoms with Crippen LogP contribution in [0.2, 0.25) is 0 Å². The van der Waals surface area contributed by atoms with Crippen LogP contribution in [0.25, 0.3) is 0 Å². The standard InChI is InChI=1S/C20H18F2N4O3S2/c1-23-19(29)18(11-4-5-14(21)15(22)7-11)25-16(27)8-12-10-31-20(24-12)26-17(28)9-13-3-2-6-30-13/h2-7,10,18H,8-9H2,1H3,(H,23,29)(H,25,27)(H,24,26,28). The number of amides is 3. The zero-order valence-electron chi connectivity index (χ0n) is 16.3. The number of carbonyl (C=O) groups excluding carboxylic acids is 3. The van der Waals surface area contributed by atoms with Gasteiger partial charge in [0.15, 0.2) is 16.8 Å². The lowest BCUT2D eigenvalue weighted by Gasteiger charge is -2.17. The molecule has 3 N–H and O–H groups in total. The maximum atomic E-state index is 13.6. The molecule has 0 fully saturated rings. The van der Waals surface area contributed by atoms with Crippen molar-refractivity contribution in [3.05, 3.63) is 68.9 Å². The molecule has 1 atom stereocenters. The highest BCUT2D eigenvalue weighted by Crippen LogP contribution is 2.19. The minimum atomic E-state index is -1.20. The first-order valence-electron chi connectivity index (χ1n) is 9.08. The molecule has 162 valence electrons. The number of thiophene rings is 1. The van der Waals surface area contributed by atoms with E-state index in [0.717, 1.165) is 17.0 Å². The summed E-state index contributed by atoms with van der Waals surface area (Å²) in [5, 5.41) is 11.4. The van der Waals surface area contributed by atoms with Gasteiger partial charge in [0.05, 0.1) is 18.5 Å². The number of aromatic nitrogens is 1. The van der Waals surface area contributed by atoms with Crippen molar-refractivity contribution in [2.24, 2.45) is 0 Å². The predicted molar refractivity (Wildman–Crippen MR) is 114 cm³/mol. The molecule has 3 rings (SSSR count). The zero-order chi connectivity index (χ0) is 22.4. The fourth-order valence-electron chi connectivity index (χ4n) is 2.69. The maximum Gasteiger partial charge on any atom is 0.246 e. The van der Waals surface area contributed by atoms with E-state index in [4.69, 9.17) is 0 Å². The second-order valence-corrected chi connectivity index (χ2v) is 8.30. The molecule has 2 heterocycles. The number of carbonyl (C=O) groups is 3. The van der Waals surface area contributed by atoms with Crippen LogP contribution in [-0.4, -0.2) is 29.8 Å². The molecule has 7 nitrogen and oxygen atoms in total. The van der Waals surface area contributed by atoms with Crippen molar-refractivity contribution in [2.75, 3.05) is 12.4 Å². The molecular formula is C20H18F2N4O3S2. The topological polar surface area (TPSA) is 100 Å². The van der Waals surface area contributed by atoms with E-state index in [9.17, 15) is 23.2 Å². The molecule has 0 saturated carbocycles. The van der Waals surface area contributed by atoms with Gasteiger partial charge in [0.2, 0.25) is 17.7 Å². The third-order valence-corrected chi connectivity index (χ3v) is 5.83. The van der Waals surface area contributed by atoms with E-state index < -0.39 is 29.5 Å². The maximum absolute atomic E-state index is 13.6. The monoisotopic (exact) mass is 464 g/mol. The van der Waals surface area contributed by atoms with Gasteiger partial charge in [-0.2, -0.15) is 0 Å². The molecule has 31 heavy (non-hydrogen) atoms. The van der Waals surface area contributed by atoms with Gasteiger partial charge in [-0.05, 0) is 29.1 Å². The predicted octanol–water partition coefficient (Wildman–Crippen LogP) is 2.81. The Morgan fingerprint density at radius 1 is 1.06 bits per heavy atom. The van der Waals surface area contributed by atoms with Gasteiger partial charge in [-0.15, -0.1) is 22.7 Å². The molecule has 3 amide bonds. The Hall–Kier alpha value is -3.18. The molecule has 0 radical (unpaired) electrons. The number of halogens is 2. The number of thiazole rings is 1. The molecule has 3 aromatic rings. The first-order valence-corrected chi connectivity index (χ1v) is 10.8.